The molecular weight excluding hydrogens is 849 g/mol. The first kappa shape index (κ1) is 42.2. The molecule has 4 heteroatoms. The molecule has 12 aromatic rings. The highest BCUT2D eigenvalue weighted by Gasteiger charge is 2.25. The predicted molar refractivity (Wildman–Crippen MR) is 292 cm³/mol. The van der Waals surface area contributed by atoms with Gasteiger partial charge in [-0.1, -0.05) is 168 Å². The largest absolute Gasteiger partial charge is 0.308 e. The number of benzene rings is 10. The van der Waals surface area contributed by atoms with Gasteiger partial charge in [-0.25, -0.2) is 4.85 Å². The molecule has 2 aromatic heterocycles. The average molecular weight is 895 g/mol. The van der Waals surface area contributed by atoms with Crippen LogP contribution in [0.15, 0.2) is 206 Å². The summed E-state index contributed by atoms with van der Waals surface area (Å²) in [5.74, 6) is 0. The van der Waals surface area contributed by atoms with Crippen LogP contribution in [0.4, 0.5) is 5.69 Å². The van der Waals surface area contributed by atoms with E-state index in [1.807, 2.05) is 24.3 Å². The first-order valence-electron chi connectivity index (χ1n) is 23.7. The molecule has 0 spiro atoms. The van der Waals surface area contributed by atoms with Gasteiger partial charge in [0.1, 0.15) is 11.6 Å². The van der Waals surface area contributed by atoms with Crippen molar-refractivity contribution in [2.24, 2.45) is 0 Å². The Labute approximate surface area is 408 Å². The molecule has 0 fully saturated rings. The van der Waals surface area contributed by atoms with Crippen molar-refractivity contribution in [3.05, 3.63) is 245 Å². The number of nitrogens with zero attached hydrogens (tertiary/aromatic N) is 4. The second-order valence-electron chi connectivity index (χ2n) is 18.7. The summed E-state index contributed by atoms with van der Waals surface area (Å²) in [7, 11) is 0. The van der Waals surface area contributed by atoms with E-state index in [1.54, 1.807) is 0 Å². The Balaban J connectivity index is 1.18. The molecule has 0 saturated carbocycles. The fraction of sp³-hybridized carbons (Fsp3) is 0.0606. The van der Waals surface area contributed by atoms with E-state index in [0.717, 1.165) is 111 Å². The van der Waals surface area contributed by atoms with Crippen molar-refractivity contribution in [1.29, 1.82) is 5.26 Å². The van der Waals surface area contributed by atoms with Crippen molar-refractivity contribution < 1.29 is 0 Å². The first-order valence-corrected chi connectivity index (χ1v) is 23.7. The van der Waals surface area contributed by atoms with E-state index in [0.29, 0.717) is 11.3 Å². The lowest BCUT2D eigenvalue weighted by atomic mass is 9.97. The molecule has 0 bridgehead atoms. The molecule has 10 aromatic carbocycles. The highest BCUT2D eigenvalue weighted by Crippen LogP contribution is 2.45. The molecule has 0 unspecified atom stereocenters. The summed E-state index contributed by atoms with van der Waals surface area (Å²) < 4.78 is 4.58. The van der Waals surface area contributed by atoms with E-state index >= 15 is 0 Å². The molecule has 0 radical (unpaired) electrons. The van der Waals surface area contributed by atoms with Gasteiger partial charge in [-0.05, 0) is 138 Å². The molecule has 0 atom stereocenters. The molecule has 0 aliphatic heterocycles. The zero-order valence-corrected chi connectivity index (χ0v) is 39.4. The second-order valence-corrected chi connectivity index (χ2v) is 18.7. The van der Waals surface area contributed by atoms with Gasteiger partial charge >= 0.3 is 0 Å². The molecule has 330 valence electrons. The van der Waals surface area contributed by atoms with E-state index in [-0.39, 0.29) is 0 Å². The minimum atomic E-state index is 0.527. The number of nitriles is 1. The van der Waals surface area contributed by atoms with Gasteiger partial charge in [0.2, 0.25) is 0 Å². The number of aromatic nitrogens is 2. The van der Waals surface area contributed by atoms with Crippen LogP contribution in [0.3, 0.4) is 0 Å². The van der Waals surface area contributed by atoms with E-state index < -0.39 is 0 Å². The zero-order chi connectivity index (χ0) is 47.6. The van der Waals surface area contributed by atoms with Crippen LogP contribution in [0.25, 0.3) is 115 Å². The fourth-order valence-corrected chi connectivity index (χ4v) is 10.3. The normalized spacial score (nSPS) is 11.4. The van der Waals surface area contributed by atoms with E-state index in [9.17, 15) is 5.26 Å². The molecule has 0 N–H and O–H groups in total. The number of rotatable bonds is 7. The van der Waals surface area contributed by atoms with Gasteiger partial charge < -0.3 is 9.13 Å². The number of fused-ring (bicyclic) bond motifs is 6. The summed E-state index contributed by atoms with van der Waals surface area (Å²) in [5.41, 5.74) is 22.2. The predicted octanol–water partition coefficient (Wildman–Crippen LogP) is 17.9. The lowest BCUT2D eigenvalue weighted by molar-refractivity contribution is 1.12. The van der Waals surface area contributed by atoms with Gasteiger partial charge in [0.05, 0.1) is 40.0 Å². The SMILES string of the molecule is [C-]#[N+]c1cccc(-c2ccc(-n3c4ccc(-c5ccc(C)cc5)cc4c4cc(-c5ccc(C)cc5)ccc43)c(C#N)c2-n2c3ccc(-c4ccc(C)cc4)cc3c3cc(-c4ccc(C)cc4)ccc32)c1. The minimum Gasteiger partial charge on any atom is -0.308 e. The quantitative estimate of drug-likeness (QED) is 0.147. The molecular formula is C66H46N4. The smallest absolute Gasteiger partial charge is 0.187 e. The molecule has 70 heavy (non-hydrogen) atoms. The van der Waals surface area contributed by atoms with Gasteiger partial charge in [-0.3, -0.25) is 0 Å². The maximum atomic E-state index is 11.9. The van der Waals surface area contributed by atoms with E-state index in [2.05, 4.69) is 230 Å². The van der Waals surface area contributed by atoms with Crippen LogP contribution in [0.2, 0.25) is 0 Å². The summed E-state index contributed by atoms with van der Waals surface area (Å²) >= 11 is 0. The molecule has 0 aliphatic carbocycles. The first-order chi connectivity index (χ1) is 34.2. The van der Waals surface area contributed by atoms with Gasteiger partial charge in [0, 0.05) is 27.1 Å². The van der Waals surface area contributed by atoms with Crippen LogP contribution < -0.4 is 0 Å². The molecule has 12 rings (SSSR count). The molecule has 0 aliphatic rings. The van der Waals surface area contributed by atoms with Crippen LogP contribution in [-0.2, 0) is 0 Å². The maximum Gasteiger partial charge on any atom is 0.187 e. The van der Waals surface area contributed by atoms with Crippen LogP contribution >= 0.6 is 0 Å². The Morgan fingerprint density at radius 3 is 1.09 bits per heavy atom. The number of aryl methyl sites for hydroxylation is 4. The summed E-state index contributed by atoms with van der Waals surface area (Å²) in [6, 6.07) is 76.5. The topological polar surface area (TPSA) is 38.0 Å². The van der Waals surface area contributed by atoms with Crippen LogP contribution in [0.5, 0.6) is 0 Å². The monoisotopic (exact) mass is 894 g/mol. The lowest BCUT2D eigenvalue weighted by Crippen LogP contribution is -2.06. The Hall–Kier alpha value is -9.22. The Kier molecular flexibility index (Phi) is 10.1. The van der Waals surface area contributed by atoms with Crippen LogP contribution in [0.1, 0.15) is 27.8 Å². The van der Waals surface area contributed by atoms with Gasteiger partial charge in [-0.2, -0.15) is 5.26 Å². The highest BCUT2D eigenvalue weighted by atomic mass is 15.0. The van der Waals surface area contributed by atoms with Crippen molar-refractivity contribution in [3.63, 3.8) is 0 Å². The molecule has 0 saturated heterocycles. The van der Waals surface area contributed by atoms with Gasteiger partial charge in [0.25, 0.3) is 0 Å². The third-order valence-corrected chi connectivity index (χ3v) is 14.1. The minimum absolute atomic E-state index is 0.527. The zero-order valence-electron chi connectivity index (χ0n) is 39.4. The Bertz CT molecular complexity index is 3930. The van der Waals surface area contributed by atoms with Crippen LogP contribution in [-0.4, -0.2) is 9.13 Å². The molecule has 4 nitrogen and oxygen atoms in total. The second kappa shape index (κ2) is 16.8. The van der Waals surface area contributed by atoms with Crippen LogP contribution in [0, 0.1) is 45.6 Å². The maximum absolute atomic E-state index is 11.9. The van der Waals surface area contributed by atoms with Crippen molar-refractivity contribution in [2.75, 3.05) is 0 Å². The molecule has 0 amide bonds. The lowest BCUT2D eigenvalue weighted by Gasteiger charge is -2.20. The highest BCUT2D eigenvalue weighted by molar-refractivity contribution is 6.14. The number of hydrogen-bond acceptors (Lipinski definition) is 1. The van der Waals surface area contributed by atoms with Gasteiger partial charge in [-0.15, -0.1) is 0 Å². The Morgan fingerprint density at radius 2 is 0.729 bits per heavy atom. The van der Waals surface area contributed by atoms with Gasteiger partial charge in [0.15, 0.2) is 5.69 Å². The van der Waals surface area contributed by atoms with E-state index in [4.69, 9.17) is 6.57 Å². The average Bonchev–Trinajstić information content (AvgIpc) is 3.90. The summed E-state index contributed by atoms with van der Waals surface area (Å²) in [6.45, 7) is 16.5. The third-order valence-electron chi connectivity index (χ3n) is 14.1. The van der Waals surface area contributed by atoms with Crippen molar-refractivity contribution in [2.45, 2.75) is 27.7 Å². The summed E-state index contributed by atoms with van der Waals surface area (Å²) in [4.78, 5) is 3.85. The van der Waals surface area contributed by atoms with Crippen molar-refractivity contribution in [3.8, 4) is 73.1 Å². The Morgan fingerprint density at radius 1 is 0.371 bits per heavy atom. The molecule has 2 heterocycles. The third kappa shape index (κ3) is 7.14. The standard InChI is InChI=1S/C66H46N4/c1-41-9-17-45(18-10-41)49-25-30-61-56(36-49)57-37-50(46-19-11-42(2)12-20-46)26-31-62(57)69(61)65-34-29-55(53-7-6-8-54(35-53)68-5)66(60(65)40-67)70-63-32-27-51(47-21-13-43(3)14-22-47)38-58(63)59-39-52(28-33-64(59)70)48-23-15-44(4)16-24-48/h6-39H,1-4H3. The van der Waals surface area contributed by atoms with Crippen molar-refractivity contribution in [1.82, 2.24) is 9.13 Å². The van der Waals surface area contributed by atoms with Crippen molar-refractivity contribution >= 4 is 49.3 Å². The van der Waals surface area contributed by atoms with E-state index in [1.165, 1.54) is 22.3 Å². The summed E-state index contributed by atoms with van der Waals surface area (Å²) in [6.07, 6.45) is 0. The summed E-state index contributed by atoms with van der Waals surface area (Å²) in [5, 5.41) is 16.3. The number of hydrogen-bond donors (Lipinski definition) is 0. The fourth-order valence-electron chi connectivity index (χ4n) is 10.3.